The third-order valence-electron chi connectivity index (χ3n) is 9.16. The average Bonchev–Trinajstić information content (AvgIpc) is 3.51. The summed E-state index contributed by atoms with van der Waals surface area (Å²) in [5, 5.41) is 6.97. The largest absolute Gasteiger partial charge is 0.469 e. The standard InChI is InChI=1S/C35H42N4O3/c1-3-38(4-2)27-18-16-24(17-19-27)35-34-29(21-25(22-31(34)40)32-15-10-20-42-32)37-28-13-8-9-14-30(28)39(35)23-33(41)36-26-11-6-5-7-12-26/h8-10,13-20,25-26,35,37H,3-7,11-12,21-23H2,1-2H3,(H,36,41)/t25-,35+/m1/s1. The van der Waals surface area contributed by atoms with E-state index in [1.54, 1.807) is 6.26 Å². The van der Waals surface area contributed by atoms with Crippen molar-refractivity contribution in [1.29, 1.82) is 0 Å². The van der Waals surface area contributed by atoms with Crippen molar-refractivity contribution >= 4 is 28.8 Å². The summed E-state index contributed by atoms with van der Waals surface area (Å²) in [7, 11) is 0. The molecule has 1 amide bonds. The highest BCUT2D eigenvalue weighted by Crippen LogP contribution is 2.47. The van der Waals surface area contributed by atoms with Crippen molar-refractivity contribution in [2.24, 2.45) is 0 Å². The molecule has 0 saturated heterocycles. The zero-order chi connectivity index (χ0) is 29.1. The van der Waals surface area contributed by atoms with Crippen LogP contribution in [0.5, 0.6) is 0 Å². The quantitative estimate of drug-likeness (QED) is 0.307. The van der Waals surface area contributed by atoms with Crippen molar-refractivity contribution in [2.75, 3.05) is 34.8 Å². The first-order chi connectivity index (χ1) is 20.6. The summed E-state index contributed by atoms with van der Waals surface area (Å²) in [6.07, 6.45) is 8.33. The summed E-state index contributed by atoms with van der Waals surface area (Å²) in [5.74, 6) is 0.895. The molecule has 7 nitrogen and oxygen atoms in total. The molecule has 2 atom stereocenters. The number of furan rings is 1. The van der Waals surface area contributed by atoms with Crippen molar-refractivity contribution < 1.29 is 14.0 Å². The Hall–Kier alpha value is -4.00. The second-order valence-electron chi connectivity index (χ2n) is 11.8. The van der Waals surface area contributed by atoms with Gasteiger partial charge in [0.2, 0.25) is 5.91 Å². The number of allylic oxidation sites excluding steroid dienone is 1. The van der Waals surface area contributed by atoms with Gasteiger partial charge in [0.25, 0.3) is 0 Å². The lowest BCUT2D eigenvalue weighted by molar-refractivity contribution is -0.121. The van der Waals surface area contributed by atoms with E-state index in [0.29, 0.717) is 12.8 Å². The first-order valence-corrected chi connectivity index (χ1v) is 15.6. The predicted octanol–water partition coefficient (Wildman–Crippen LogP) is 6.95. The van der Waals surface area contributed by atoms with Crippen LogP contribution in [0, 0.1) is 0 Å². The van der Waals surface area contributed by atoms with E-state index >= 15 is 0 Å². The van der Waals surface area contributed by atoms with E-state index in [9.17, 15) is 9.59 Å². The molecule has 2 N–H and O–H groups in total. The van der Waals surface area contributed by atoms with Crippen molar-refractivity contribution in [3.63, 3.8) is 0 Å². The number of hydrogen-bond donors (Lipinski definition) is 2. The smallest absolute Gasteiger partial charge is 0.239 e. The minimum Gasteiger partial charge on any atom is -0.469 e. The number of carbonyl (C=O) groups excluding carboxylic acids is 2. The Balaban J connectivity index is 1.43. The van der Waals surface area contributed by atoms with Crippen molar-refractivity contribution in [3.05, 3.63) is 89.5 Å². The first-order valence-electron chi connectivity index (χ1n) is 15.6. The molecular weight excluding hydrogens is 524 g/mol. The molecule has 2 heterocycles. The molecule has 1 fully saturated rings. The average molecular weight is 567 g/mol. The topological polar surface area (TPSA) is 77.8 Å². The van der Waals surface area contributed by atoms with Crippen LogP contribution in [0.1, 0.15) is 82.1 Å². The fraction of sp³-hybridized carbons (Fsp3) is 0.429. The molecule has 7 heteroatoms. The van der Waals surface area contributed by atoms with Crippen LogP contribution >= 0.6 is 0 Å². The van der Waals surface area contributed by atoms with E-state index < -0.39 is 6.04 Å². The van der Waals surface area contributed by atoms with E-state index in [1.165, 1.54) is 6.42 Å². The molecule has 0 unspecified atom stereocenters. The number of ketones is 1. The number of anilines is 3. The number of amides is 1. The third kappa shape index (κ3) is 5.69. The van der Waals surface area contributed by atoms with Gasteiger partial charge in [0.05, 0.1) is 30.2 Å². The normalized spacial score (nSPS) is 20.8. The van der Waals surface area contributed by atoms with Crippen LogP contribution in [0.25, 0.3) is 0 Å². The van der Waals surface area contributed by atoms with E-state index in [0.717, 1.165) is 78.4 Å². The summed E-state index contributed by atoms with van der Waals surface area (Å²) >= 11 is 0. The fourth-order valence-electron chi connectivity index (χ4n) is 7.03. The molecule has 42 heavy (non-hydrogen) atoms. The molecule has 220 valence electrons. The summed E-state index contributed by atoms with van der Waals surface area (Å²) in [5.41, 5.74) is 5.64. The Bertz CT molecular complexity index is 1420. The molecule has 1 aliphatic heterocycles. The van der Waals surface area contributed by atoms with E-state index in [-0.39, 0.29) is 30.2 Å². The maximum absolute atomic E-state index is 14.2. The zero-order valence-corrected chi connectivity index (χ0v) is 24.8. The Morgan fingerprint density at radius 1 is 0.976 bits per heavy atom. The van der Waals surface area contributed by atoms with Gasteiger partial charge in [-0.2, -0.15) is 0 Å². The molecule has 6 rings (SSSR count). The monoisotopic (exact) mass is 566 g/mol. The van der Waals surface area contributed by atoms with Gasteiger partial charge in [0, 0.05) is 48.4 Å². The van der Waals surface area contributed by atoms with Crippen LogP contribution in [-0.2, 0) is 9.59 Å². The highest BCUT2D eigenvalue weighted by atomic mass is 16.3. The predicted molar refractivity (Wildman–Crippen MR) is 168 cm³/mol. The van der Waals surface area contributed by atoms with Gasteiger partial charge >= 0.3 is 0 Å². The minimum absolute atomic E-state index is 0.00207. The lowest BCUT2D eigenvalue weighted by Crippen LogP contribution is -2.45. The number of para-hydroxylation sites is 2. The van der Waals surface area contributed by atoms with Gasteiger partial charge in [-0.05, 0) is 75.1 Å². The van der Waals surface area contributed by atoms with Crippen LogP contribution < -0.4 is 20.4 Å². The second-order valence-corrected chi connectivity index (χ2v) is 11.8. The number of nitrogens with zero attached hydrogens (tertiary/aromatic N) is 2. The molecule has 3 aromatic rings. The summed E-state index contributed by atoms with van der Waals surface area (Å²) in [4.78, 5) is 32.3. The lowest BCUT2D eigenvalue weighted by atomic mass is 9.80. The van der Waals surface area contributed by atoms with Gasteiger partial charge in [0.15, 0.2) is 5.78 Å². The summed E-state index contributed by atoms with van der Waals surface area (Å²) < 4.78 is 5.75. The molecule has 3 aliphatic rings. The van der Waals surface area contributed by atoms with Crippen molar-refractivity contribution in [3.8, 4) is 0 Å². The van der Waals surface area contributed by atoms with Crippen LogP contribution in [0.2, 0.25) is 0 Å². The lowest BCUT2D eigenvalue weighted by Gasteiger charge is -2.36. The fourth-order valence-corrected chi connectivity index (χ4v) is 7.03. The number of carbonyl (C=O) groups is 2. The minimum atomic E-state index is -0.399. The SMILES string of the molecule is CCN(CC)c1ccc([C@H]2C3=C(C[C@@H](c4ccco4)CC3=O)Nc3ccccc3N2CC(=O)NC2CCCCC2)cc1. The second kappa shape index (κ2) is 12.5. The van der Waals surface area contributed by atoms with Crippen molar-refractivity contribution in [2.45, 2.75) is 76.8 Å². The summed E-state index contributed by atoms with van der Waals surface area (Å²) in [6, 6.07) is 20.3. The Kier molecular flexibility index (Phi) is 8.36. The highest BCUT2D eigenvalue weighted by Gasteiger charge is 2.40. The van der Waals surface area contributed by atoms with Gasteiger partial charge in [-0.15, -0.1) is 0 Å². The van der Waals surface area contributed by atoms with E-state index in [2.05, 4.69) is 64.6 Å². The molecule has 1 aromatic heterocycles. The highest BCUT2D eigenvalue weighted by molar-refractivity contribution is 6.02. The van der Waals surface area contributed by atoms with Crippen LogP contribution in [-0.4, -0.2) is 37.4 Å². The molecular formula is C35H42N4O3. The number of rotatable bonds is 8. The molecule has 1 saturated carbocycles. The molecule has 2 aromatic carbocycles. The van der Waals surface area contributed by atoms with Crippen LogP contribution in [0.4, 0.5) is 17.1 Å². The number of hydrogen-bond acceptors (Lipinski definition) is 6. The summed E-state index contributed by atoms with van der Waals surface area (Å²) in [6.45, 7) is 6.33. The maximum Gasteiger partial charge on any atom is 0.239 e. The number of nitrogens with one attached hydrogen (secondary N) is 2. The molecule has 0 bridgehead atoms. The van der Waals surface area contributed by atoms with Crippen molar-refractivity contribution in [1.82, 2.24) is 5.32 Å². The number of benzene rings is 2. The number of Topliss-reactive ketones (excluding diaryl/α,β-unsaturated/α-hetero) is 1. The number of fused-ring (bicyclic) bond motifs is 1. The van der Waals surface area contributed by atoms with Gasteiger partial charge in [-0.1, -0.05) is 43.5 Å². The van der Waals surface area contributed by atoms with E-state index in [1.807, 2.05) is 30.3 Å². The van der Waals surface area contributed by atoms with Gasteiger partial charge in [-0.25, -0.2) is 0 Å². The molecule has 0 radical (unpaired) electrons. The van der Waals surface area contributed by atoms with Gasteiger partial charge in [0.1, 0.15) is 5.76 Å². The molecule has 0 spiro atoms. The Morgan fingerprint density at radius 3 is 2.45 bits per heavy atom. The van der Waals surface area contributed by atoms with E-state index in [4.69, 9.17) is 4.42 Å². The zero-order valence-electron chi connectivity index (χ0n) is 24.8. The maximum atomic E-state index is 14.2. The van der Waals surface area contributed by atoms with Crippen LogP contribution in [0.15, 0.2) is 82.6 Å². The van der Waals surface area contributed by atoms with Gasteiger partial charge in [-0.3, -0.25) is 9.59 Å². The van der Waals surface area contributed by atoms with Gasteiger partial charge < -0.3 is 24.9 Å². The van der Waals surface area contributed by atoms with Crippen LogP contribution in [0.3, 0.4) is 0 Å². The first kappa shape index (κ1) is 28.1. The molecule has 2 aliphatic carbocycles. The third-order valence-corrected chi connectivity index (χ3v) is 9.16. The Labute approximate surface area is 249 Å². The Morgan fingerprint density at radius 2 is 1.74 bits per heavy atom.